The number of carbonyl (C=O) groups excluding carboxylic acids is 2. The van der Waals surface area contributed by atoms with Crippen molar-refractivity contribution >= 4 is 40.6 Å². The summed E-state index contributed by atoms with van der Waals surface area (Å²) in [4.78, 5) is 25.0. The second-order valence-electron chi connectivity index (χ2n) is 6.47. The molecule has 1 unspecified atom stereocenters. The minimum Gasteiger partial charge on any atom is -0.375 e. The highest BCUT2D eigenvalue weighted by Crippen LogP contribution is 2.46. The Labute approximate surface area is 168 Å². The van der Waals surface area contributed by atoms with Gasteiger partial charge in [-0.2, -0.15) is 0 Å². The molecule has 0 bridgehead atoms. The molecule has 2 aromatic rings. The summed E-state index contributed by atoms with van der Waals surface area (Å²) in [6, 6.07) is 10.2. The molecule has 1 atom stereocenters. The molecule has 6 heteroatoms. The molecule has 0 saturated heterocycles. The Balaban J connectivity index is 0.00000126. The number of fused-ring (bicyclic) bond motifs is 1. The second-order valence-corrected chi connectivity index (χ2v) is 7.28. The van der Waals surface area contributed by atoms with E-state index in [0.29, 0.717) is 11.5 Å². The Hall–Kier alpha value is -2.14. The summed E-state index contributed by atoms with van der Waals surface area (Å²) in [5, 5.41) is 13.9. The van der Waals surface area contributed by atoms with E-state index in [4.69, 9.17) is 23.2 Å². The highest BCUT2D eigenvalue weighted by atomic mass is 35.5. The first-order valence-corrected chi connectivity index (χ1v) is 9.15. The normalized spacial score (nSPS) is 17.8. The Kier molecular flexibility index (Phi) is 6.47. The maximum absolute atomic E-state index is 12.6. The largest absolute Gasteiger partial charge is 0.375 e. The van der Waals surface area contributed by atoms with E-state index in [1.807, 2.05) is 12.1 Å². The topological polar surface area (TPSA) is 66.4 Å². The minimum atomic E-state index is -2.04. The highest BCUT2D eigenvalue weighted by Gasteiger charge is 2.49. The van der Waals surface area contributed by atoms with Crippen LogP contribution >= 0.6 is 23.2 Å². The van der Waals surface area contributed by atoms with E-state index in [-0.39, 0.29) is 27.1 Å². The van der Waals surface area contributed by atoms with Crippen molar-refractivity contribution in [2.75, 3.05) is 5.32 Å². The molecule has 1 aliphatic heterocycles. The maximum atomic E-state index is 12.6. The van der Waals surface area contributed by atoms with Crippen LogP contribution < -0.4 is 5.32 Å². The number of rotatable bonds is 4. The van der Waals surface area contributed by atoms with Gasteiger partial charge in [-0.15, -0.1) is 13.2 Å². The lowest BCUT2D eigenvalue weighted by molar-refractivity contribution is -0.133. The highest BCUT2D eigenvalue weighted by molar-refractivity contribution is 6.38. The van der Waals surface area contributed by atoms with E-state index in [0.717, 1.165) is 5.56 Å². The van der Waals surface area contributed by atoms with E-state index in [9.17, 15) is 14.7 Å². The molecule has 0 saturated carbocycles. The van der Waals surface area contributed by atoms with Crippen molar-refractivity contribution in [3.8, 4) is 0 Å². The molecule has 1 amide bonds. The van der Waals surface area contributed by atoms with Crippen LogP contribution in [0.1, 0.15) is 47.7 Å². The van der Waals surface area contributed by atoms with Crippen LogP contribution in [0.25, 0.3) is 0 Å². The van der Waals surface area contributed by atoms with E-state index < -0.39 is 17.9 Å². The minimum absolute atomic E-state index is 0.152. The van der Waals surface area contributed by atoms with Crippen LogP contribution in [-0.4, -0.2) is 16.8 Å². The van der Waals surface area contributed by atoms with Gasteiger partial charge in [0.05, 0.1) is 17.1 Å². The molecule has 2 N–H and O–H groups in total. The van der Waals surface area contributed by atoms with Crippen molar-refractivity contribution in [3.63, 3.8) is 0 Å². The molecule has 1 aliphatic rings. The molecule has 0 fully saturated rings. The van der Waals surface area contributed by atoms with Crippen LogP contribution in [0.5, 0.6) is 0 Å². The molecule has 142 valence electrons. The van der Waals surface area contributed by atoms with Crippen molar-refractivity contribution in [1.82, 2.24) is 0 Å². The van der Waals surface area contributed by atoms with Gasteiger partial charge in [-0.25, -0.2) is 0 Å². The number of halogens is 2. The Bertz CT molecular complexity index is 878. The summed E-state index contributed by atoms with van der Waals surface area (Å²) in [5.74, 6) is -0.705. The zero-order valence-corrected chi connectivity index (χ0v) is 16.7. The molecule has 1 heterocycles. The number of aliphatic hydroxyl groups is 1. The van der Waals surface area contributed by atoms with Crippen LogP contribution in [-0.2, 0) is 10.4 Å². The summed E-state index contributed by atoms with van der Waals surface area (Å²) in [5.41, 5.74) is -0.0970. The smallest absolute Gasteiger partial charge is 0.261 e. The number of carbonyl (C=O) groups is 2. The molecule has 3 rings (SSSR count). The van der Waals surface area contributed by atoms with Gasteiger partial charge >= 0.3 is 0 Å². The van der Waals surface area contributed by atoms with Crippen molar-refractivity contribution in [2.24, 2.45) is 0 Å². The quantitative estimate of drug-likeness (QED) is 0.533. The van der Waals surface area contributed by atoms with Gasteiger partial charge in [-0.1, -0.05) is 61.3 Å². The molecule has 27 heavy (non-hydrogen) atoms. The number of hydrogen-bond donors (Lipinski definition) is 2. The zero-order chi connectivity index (χ0) is 20.4. The molecule has 0 aliphatic carbocycles. The van der Waals surface area contributed by atoms with Crippen molar-refractivity contribution in [1.29, 1.82) is 0 Å². The number of ketones is 1. The molecule has 4 nitrogen and oxygen atoms in total. The van der Waals surface area contributed by atoms with Crippen molar-refractivity contribution in [2.45, 2.75) is 31.8 Å². The van der Waals surface area contributed by atoms with Gasteiger partial charge in [-0.3, -0.25) is 9.59 Å². The fourth-order valence-corrected chi connectivity index (χ4v) is 3.48. The van der Waals surface area contributed by atoms with E-state index in [1.165, 1.54) is 12.1 Å². The zero-order valence-electron chi connectivity index (χ0n) is 15.2. The molecule has 0 spiro atoms. The van der Waals surface area contributed by atoms with Crippen LogP contribution in [0.4, 0.5) is 5.69 Å². The predicted molar refractivity (Wildman–Crippen MR) is 110 cm³/mol. The average molecular weight is 406 g/mol. The Morgan fingerprint density at radius 1 is 1.11 bits per heavy atom. The van der Waals surface area contributed by atoms with E-state index in [1.54, 1.807) is 12.1 Å². The maximum Gasteiger partial charge on any atom is 0.261 e. The Morgan fingerprint density at radius 2 is 1.67 bits per heavy atom. The number of benzene rings is 2. The van der Waals surface area contributed by atoms with Gasteiger partial charge in [0.25, 0.3) is 5.91 Å². The summed E-state index contributed by atoms with van der Waals surface area (Å²) >= 11 is 12.2. The number of Topliss-reactive ketones (excluding diaryl/α,β-unsaturated/α-hetero) is 1. The van der Waals surface area contributed by atoms with Crippen molar-refractivity contribution in [3.05, 3.63) is 76.3 Å². The van der Waals surface area contributed by atoms with Crippen molar-refractivity contribution < 1.29 is 14.7 Å². The Morgan fingerprint density at radius 3 is 2.22 bits per heavy atom. The molecular formula is C21H21Cl2NO3. The fraction of sp³-hybridized carbons (Fsp3) is 0.238. The van der Waals surface area contributed by atoms with Gasteiger partial charge in [-0.05, 0) is 23.6 Å². The molecule has 0 aromatic heterocycles. The summed E-state index contributed by atoms with van der Waals surface area (Å²) < 4.78 is 0. The third-order valence-electron chi connectivity index (χ3n) is 4.45. The van der Waals surface area contributed by atoms with Crippen LogP contribution in [0.3, 0.4) is 0 Å². The van der Waals surface area contributed by atoms with Gasteiger partial charge < -0.3 is 10.4 Å². The van der Waals surface area contributed by atoms with Crippen LogP contribution in [0.2, 0.25) is 10.0 Å². The fourth-order valence-electron chi connectivity index (χ4n) is 2.97. The summed E-state index contributed by atoms with van der Waals surface area (Å²) in [7, 11) is 0. The van der Waals surface area contributed by atoms with E-state index >= 15 is 0 Å². The summed E-state index contributed by atoms with van der Waals surface area (Å²) in [6.45, 7) is 10.1. The SMILES string of the molecule is C=C.CC(C)c1ccc(C(=O)CC2(O)C(=O)Nc3c(Cl)ccc(Cl)c32)cc1. The second kappa shape index (κ2) is 8.26. The van der Waals surface area contributed by atoms with E-state index in [2.05, 4.69) is 32.3 Å². The lowest BCUT2D eigenvalue weighted by Gasteiger charge is -2.21. The summed E-state index contributed by atoms with van der Waals surface area (Å²) in [6.07, 6.45) is -0.410. The van der Waals surface area contributed by atoms with Crippen LogP contribution in [0, 0.1) is 0 Å². The monoisotopic (exact) mass is 405 g/mol. The number of amides is 1. The lowest BCUT2D eigenvalue weighted by atomic mass is 9.87. The first kappa shape index (κ1) is 21.2. The standard InChI is InChI=1S/C19H17Cl2NO3.C2H4/c1-10(2)11-3-5-12(6-4-11)15(23)9-19(25)16-13(20)7-8-14(21)17(16)22-18(19)24;1-2/h3-8,10,25H,9H2,1-2H3,(H,22,24);1-2H2. The van der Waals surface area contributed by atoms with Gasteiger partial charge in [0.2, 0.25) is 0 Å². The third kappa shape index (κ3) is 3.93. The van der Waals surface area contributed by atoms with Gasteiger partial charge in [0.1, 0.15) is 0 Å². The number of hydrogen-bond acceptors (Lipinski definition) is 3. The molecule has 2 aromatic carbocycles. The molecular weight excluding hydrogens is 385 g/mol. The first-order chi connectivity index (χ1) is 12.7. The average Bonchev–Trinajstić information content (AvgIpc) is 2.92. The van der Waals surface area contributed by atoms with Crippen LogP contribution in [0.15, 0.2) is 49.6 Å². The predicted octanol–water partition coefficient (Wildman–Crippen LogP) is 5.33. The first-order valence-electron chi connectivity index (χ1n) is 8.39. The lowest BCUT2D eigenvalue weighted by Crippen LogP contribution is -2.36. The van der Waals surface area contributed by atoms with Gasteiger partial charge in [0.15, 0.2) is 11.4 Å². The number of anilines is 1. The van der Waals surface area contributed by atoms with Gasteiger partial charge in [0, 0.05) is 16.1 Å². The number of nitrogens with one attached hydrogen (secondary N) is 1. The molecule has 0 radical (unpaired) electrons. The third-order valence-corrected chi connectivity index (χ3v) is 5.08.